The highest BCUT2D eigenvalue weighted by Crippen LogP contribution is 2.32. The third-order valence-corrected chi connectivity index (χ3v) is 5.46. The number of rotatable bonds is 10. The molecule has 6 heteroatoms. The van der Waals surface area contributed by atoms with Crippen LogP contribution < -0.4 is 4.74 Å². The normalized spacial score (nSPS) is 17.3. The van der Waals surface area contributed by atoms with Gasteiger partial charge in [0.25, 0.3) is 0 Å². The van der Waals surface area contributed by atoms with E-state index in [1.807, 2.05) is 61.2 Å². The highest BCUT2D eigenvalue weighted by molar-refractivity contribution is 5.71. The molecule has 31 heavy (non-hydrogen) atoms. The van der Waals surface area contributed by atoms with Gasteiger partial charge in [0.05, 0.1) is 12.6 Å². The number of hydrogen-bond acceptors (Lipinski definition) is 5. The van der Waals surface area contributed by atoms with Crippen LogP contribution in [0.1, 0.15) is 38.3 Å². The maximum absolute atomic E-state index is 12.5. The second-order valence-corrected chi connectivity index (χ2v) is 8.21. The Morgan fingerprint density at radius 2 is 1.84 bits per heavy atom. The van der Waals surface area contributed by atoms with Crippen molar-refractivity contribution >= 4 is 12.1 Å². The second kappa shape index (κ2) is 10.3. The third kappa shape index (κ3) is 6.23. The molecule has 1 unspecified atom stereocenters. The number of hydrogen-bond donors (Lipinski definition) is 0. The molecule has 1 amide bonds. The van der Waals surface area contributed by atoms with Gasteiger partial charge in [-0.1, -0.05) is 42.5 Å². The number of carbonyl (C=O) groups excluding carboxylic acids is 2. The van der Waals surface area contributed by atoms with Crippen LogP contribution in [0.3, 0.4) is 0 Å². The zero-order chi connectivity index (χ0) is 22.3. The van der Waals surface area contributed by atoms with Gasteiger partial charge in [0, 0.05) is 6.54 Å². The van der Waals surface area contributed by atoms with E-state index >= 15 is 0 Å². The summed E-state index contributed by atoms with van der Waals surface area (Å²) in [6.07, 6.45) is 2.10. The topological polar surface area (TPSA) is 65.1 Å². The Kier molecular flexibility index (Phi) is 7.55. The molecule has 0 spiro atoms. The first-order valence-electron chi connectivity index (χ1n) is 10.8. The number of aryl methyl sites for hydroxylation is 1. The Bertz CT molecular complexity index is 880. The molecule has 0 N–H and O–H groups in total. The summed E-state index contributed by atoms with van der Waals surface area (Å²) in [7, 11) is 0. The van der Waals surface area contributed by atoms with Crippen molar-refractivity contribution < 1.29 is 23.8 Å². The first kappa shape index (κ1) is 22.7. The molecule has 0 aromatic heterocycles. The Labute approximate surface area is 184 Å². The lowest BCUT2D eigenvalue weighted by Crippen LogP contribution is -2.43. The molecule has 1 aliphatic rings. The molecule has 1 heterocycles. The van der Waals surface area contributed by atoms with E-state index < -0.39 is 5.60 Å². The van der Waals surface area contributed by atoms with E-state index in [-0.39, 0.29) is 24.7 Å². The van der Waals surface area contributed by atoms with Crippen molar-refractivity contribution in [3.8, 4) is 5.75 Å². The Morgan fingerprint density at radius 1 is 1.10 bits per heavy atom. The molecule has 0 aliphatic carbocycles. The second-order valence-electron chi connectivity index (χ2n) is 8.21. The van der Waals surface area contributed by atoms with Crippen LogP contribution in [0.2, 0.25) is 0 Å². The molecule has 3 rings (SSSR count). The fourth-order valence-electron chi connectivity index (χ4n) is 3.88. The van der Waals surface area contributed by atoms with Gasteiger partial charge in [0.1, 0.15) is 11.4 Å². The molecule has 0 bridgehead atoms. The number of amides is 1. The number of cyclic esters (lactones) is 1. The molecule has 0 saturated carbocycles. The van der Waals surface area contributed by atoms with Gasteiger partial charge in [-0.2, -0.15) is 0 Å². The van der Waals surface area contributed by atoms with E-state index in [4.69, 9.17) is 14.2 Å². The van der Waals surface area contributed by atoms with E-state index in [9.17, 15) is 9.59 Å². The van der Waals surface area contributed by atoms with Crippen molar-refractivity contribution in [1.29, 1.82) is 0 Å². The van der Waals surface area contributed by atoms with Crippen LogP contribution in [0.5, 0.6) is 5.75 Å². The summed E-state index contributed by atoms with van der Waals surface area (Å²) in [5, 5.41) is 0. The largest absolute Gasteiger partial charge is 0.482 e. The Hall–Kier alpha value is -3.02. The fraction of sp³-hybridized carbons (Fsp3) is 0.440. The Morgan fingerprint density at radius 3 is 2.58 bits per heavy atom. The Balaban J connectivity index is 1.56. The molecule has 1 atom stereocenters. The quantitative estimate of drug-likeness (QED) is 0.528. The monoisotopic (exact) mass is 425 g/mol. The summed E-state index contributed by atoms with van der Waals surface area (Å²) >= 11 is 0. The average Bonchev–Trinajstić information content (AvgIpc) is 2.96. The summed E-state index contributed by atoms with van der Waals surface area (Å²) in [6.45, 7) is 6.57. The van der Waals surface area contributed by atoms with E-state index in [2.05, 4.69) is 12.1 Å². The van der Waals surface area contributed by atoms with Gasteiger partial charge in [-0.15, -0.1) is 0 Å². The molecular formula is C25H31NO5. The smallest absolute Gasteiger partial charge is 0.410 e. The van der Waals surface area contributed by atoms with Crippen LogP contribution in [0.4, 0.5) is 4.79 Å². The number of benzene rings is 2. The highest BCUT2D eigenvalue weighted by Gasteiger charge is 2.47. The van der Waals surface area contributed by atoms with Crippen molar-refractivity contribution in [2.75, 3.05) is 19.8 Å². The standard InChI is InChI=1S/C25H31NO5/c1-4-29-23(27)18-30-21-14-8-12-19(16-21)13-9-15-26-22(25(2,3)31-24(26)28)17-20-10-6-5-7-11-20/h5-8,10-12,14,16,22H,4,9,13,15,17-18H2,1-3H3. The molecule has 1 aliphatic heterocycles. The predicted molar refractivity (Wildman–Crippen MR) is 118 cm³/mol. The van der Waals surface area contributed by atoms with Crippen molar-refractivity contribution in [2.24, 2.45) is 0 Å². The minimum Gasteiger partial charge on any atom is -0.482 e. The maximum atomic E-state index is 12.5. The van der Waals surface area contributed by atoms with Crippen LogP contribution in [-0.4, -0.2) is 48.4 Å². The minimum atomic E-state index is -0.534. The maximum Gasteiger partial charge on any atom is 0.410 e. The SMILES string of the molecule is CCOC(=O)COc1cccc(CCCN2C(=O)OC(C)(C)C2Cc2ccccc2)c1. The van der Waals surface area contributed by atoms with Crippen LogP contribution in [-0.2, 0) is 27.1 Å². The first-order chi connectivity index (χ1) is 14.9. The van der Waals surface area contributed by atoms with Gasteiger partial charge in [-0.25, -0.2) is 9.59 Å². The minimum absolute atomic E-state index is 0.0124. The van der Waals surface area contributed by atoms with E-state index in [1.165, 1.54) is 5.56 Å². The summed E-state index contributed by atoms with van der Waals surface area (Å²) in [5.74, 6) is 0.252. The number of carbonyl (C=O) groups is 2. The molecule has 2 aromatic carbocycles. The zero-order valence-corrected chi connectivity index (χ0v) is 18.5. The lowest BCUT2D eigenvalue weighted by molar-refractivity contribution is -0.145. The van der Waals surface area contributed by atoms with Gasteiger partial charge in [-0.3, -0.25) is 0 Å². The molecule has 166 valence electrons. The summed E-state index contributed by atoms with van der Waals surface area (Å²) in [6, 6.07) is 17.8. The molecule has 1 fully saturated rings. The van der Waals surface area contributed by atoms with Crippen molar-refractivity contribution in [3.05, 3.63) is 65.7 Å². The van der Waals surface area contributed by atoms with Crippen LogP contribution in [0, 0.1) is 0 Å². The third-order valence-electron chi connectivity index (χ3n) is 5.46. The average molecular weight is 426 g/mol. The van der Waals surface area contributed by atoms with E-state index in [0.717, 1.165) is 24.8 Å². The number of ether oxygens (including phenoxy) is 3. The lowest BCUT2D eigenvalue weighted by atomic mass is 9.92. The molecule has 1 saturated heterocycles. The van der Waals surface area contributed by atoms with Gasteiger partial charge in [0.15, 0.2) is 6.61 Å². The number of nitrogens with zero attached hydrogens (tertiary/aromatic N) is 1. The lowest BCUT2D eigenvalue weighted by Gasteiger charge is -2.29. The van der Waals surface area contributed by atoms with E-state index in [1.54, 1.807) is 6.92 Å². The summed E-state index contributed by atoms with van der Waals surface area (Å²) < 4.78 is 16.1. The molecular weight excluding hydrogens is 394 g/mol. The summed E-state index contributed by atoms with van der Waals surface area (Å²) in [5.41, 5.74) is 1.75. The van der Waals surface area contributed by atoms with Gasteiger partial charge < -0.3 is 19.1 Å². The van der Waals surface area contributed by atoms with Gasteiger partial charge in [-0.05, 0) is 63.3 Å². The van der Waals surface area contributed by atoms with Crippen LogP contribution >= 0.6 is 0 Å². The van der Waals surface area contributed by atoms with Crippen molar-refractivity contribution in [1.82, 2.24) is 4.90 Å². The van der Waals surface area contributed by atoms with Crippen molar-refractivity contribution in [2.45, 2.75) is 51.7 Å². The first-order valence-corrected chi connectivity index (χ1v) is 10.8. The van der Waals surface area contributed by atoms with Gasteiger partial charge in [0.2, 0.25) is 0 Å². The highest BCUT2D eigenvalue weighted by atomic mass is 16.6. The zero-order valence-electron chi connectivity index (χ0n) is 18.5. The van der Waals surface area contributed by atoms with Crippen LogP contribution in [0.25, 0.3) is 0 Å². The van der Waals surface area contributed by atoms with Crippen molar-refractivity contribution in [3.63, 3.8) is 0 Å². The van der Waals surface area contributed by atoms with Gasteiger partial charge >= 0.3 is 12.1 Å². The molecule has 0 radical (unpaired) electrons. The molecule has 6 nitrogen and oxygen atoms in total. The fourth-order valence-corrected chi connectivity index (χ4v) is 3.88. The van der Waals surface area contributed by atoms with Crippen LogP contribution in [0.15, 0.2) is 54.6 Å². The summed E-state index contributed by atoms with van der Waals surface area (Å²) in [4.78, 5) is 25.9. The molecule has 2 aromatic rings. The van der Waals surface area contributed by atoms with E-state index in [0.29, 0.717) is 18.9 Å². The predicted octanol–water partition coefficient (Wildman–Crippen LogP) is 4.40. The number of esters is 1.